The van der Waals surface area contributed by atoms with Crippen LogP contribution < -0.4 is 10.1 Å². The van der Waals surface area contributed by atoms with E-state index in [0.717, 1.165) is 41.3 Å². The van der Waals surface area contributed by atoms with Gasteiger partial charge in [0.25, 0.3) is 0 Å². The molecule has 20 heavy (non-hydrogen) atoms. The third kappa shape index (κ3) is 4.99. The van der Waals surface area contributed by atoms with Crippen LogP contribution in [0, 0.1) is 6.92 Å². The van der Waals surface area contributed by atoms with Gasteiger partial charge < -0.3 is 10.1 Å². The van der Waals surface area contributed by atoms with Crippen LogP contribution in [0.5, 0.6) is 5.75 Å². The minimum absolute atomic E-state index is 0.410. The van der Waals surface area contributed by atoms with Crippen LogP contribution in [0.1, 0.15) is 57.6 Å². The first-order valence-electron chi connectivity index (χ1n) is 7.65. The van der Waals surface area contributed by atoms with Gasteiger partial charge in [-0.2, -0.15) is 0 Å². The molecule has 0 saturated carbocycles. The van der Waals surface area contributed by atoms with Gasteiger partial charge in [-0.05, 0) is 48.9 Å². The summed E-state index contributed by atoms with van der Waals surface area (Å²) in [5.74, 6) is 1.36. The van der Waals surface area contributed by atoms with Gasteiger partial charge in [0, 0.05) is 17.6 Å². The molecule has 0 amide bonds. The average molecular weight is 298 g/mol. The lowest BCUT2D eigenvalue weighted by molar-refractivity contribution is 0.300. The predicted octanol–water partition coefficient (Wildman–Crippen LogP) is 4.93. The van der Waals surface area contributed by atoms with Crippen LogP contribution in [0.25, 0.3) is 0 Å². The van der Waals surface area contributed by atoms with Gasteiger partial charge in [0.1, 0.15) is 12.4 Å². The molecule has 0 unspecified atom stereocenters. The fourth-order valence-corrected chi connectivity index (χ4v) is 2.70. The number of rotatable bonds is 8. The molecule has 2 nitrogen and oxygen atoms in total. The number of aryl methyl sites for hydroxylation is 1. The fraction of sp³-hybridized carbons (Fsp3) is 0.647. The van der Waals surface area contributed by atoms with E-state index in [9.17, 15) is 0 Å². The molecule has 0 spiro atoms. The van der Waals surface area contributed by atoms with E-state index in [1.807, 2.05) is 13.0 Å². The predicted molar refractivity (Wildman–Crippen MR) is 88.1 cm³/mol. The van der Waals surface area contributed by atoms with E-state index in [4.69, 9.17) is 16.3 Å². The molecule has 1 rings (SSSR count). The number of nitrogens with one attached hydrogen (secondary N) is 1. The van der Waals surface area contributed by atoms with Crippen LogP contribution in [0.4, 0.5) is 0 Å². The van der Waals surface area contributed by atoms with Crippen LogP contribution in [-0.2, 0) is 0 Å². The second kappa shape index (κ2) is 8.53. The van der Waals surface area contributed by atoms with Crippen molar-refractivity contribution in [1.82, 2.24) is 5.32 Å². The van der Waals surface area contributed by atoms with Crippen molar-refractivity contribution < 1.29 is 4.74 Å². The standard InChI is InChI=1S/C17H28ClNO/c1-6-14(7-2)19-8-9-20-17-11-15(12(3)4)16(18)10-13(17)5/h10-12,14,19H,6-9H2,1-5H3. The Hall–Kier alpha value is -0.730. The third-order valence-electron chi connectivity index (χ3n) is 3.69. The van der Waals surface area contributed by atoms with Crippen LogP contribution in [-0.4, -0.2) is 19.2 Å². The first kappa shape index (κ1) is 17.3. The Morgan fingerprint density at radius 3 is 2.40 bits per heavy atom. The van der Waals surface area contributed by atoms with Gasteiger partial charge in [-0.1, -0.05) is 39.3 Å². The molecule has 3 heteroatoms. The number of hydrogen-bond donors (Lipinski definition) is 1. The highest BCUT2D eigenvalue weighted by atomic mass is 35.5. The lowest BCUT2D eigenvalue weighted by Crippen LogP contribution is -2.31. The molecule has 114 valence electrons. The fourth-order valence-electron chi connectivity index (χ4n) is 2.27. The number of ether oxygens (including phenoxy) is 1. The quantitative estimate of drug-likeness (QED) is 0.687. The van der Waals surface area contributed by atoms with Crippen LogP contribution >= 0.6 is 11.6 Å². The summed E-state index contributed by atoms with van der Waals surface area (Å²) in [5, 5.41) is 4.34. The van der Waals surface area contributed by atoms with E-state index < -0.39 is 0 Å². The van der Waals surface area contributed by atoms with Crippen LogP contribution in [0.3, 0.4) is 0 Å². The van der Waals surface area contributed by atoms with Gasteiger partial charge in [0.15, 0.2) is 0 Å². The smallest absolute Gasteiger partial charge is 0.122 e. The zero-order chi connectivity index (χ0) is 15.1. The van der Waals surface area contributed by atoms with Gasteiger partial charge in [0.2, 0.25) is 0 Å². The maximum atomic E-state index is 6.27. The first-order chi connectivity index (χ1) is 9.49. The monoisotopic (exact) mass is 297 g/mol. The summed E-state index contributed by atoms with van der Waals surface area (Å²) < 4.78 is 5.90. The van der Waals surface area contributed by atoms with E-state index in [-0.39, 0.29) is 0 Å². The maximum Gasteiger partial charge on any atom is 0.122 e. The van der Waals surface area contributed by atoms with E-state index in [0.29, 0.717) is 18.6 Å². The molecule has 1 N–H and O–H groups in total. The average Bonchev–Trinajstić information content (AvgIpc) is 2.40. The molecule has 1 aromatic rings. The van der Waals surface area contributed by atoms with Crippen molar-refractivity contribution in [2.45, 2.75) is 59.4 Å². The number of halogens is 1. The highest BCUT2D eigenvalue weighted by molar-refractivity contribution is 6.31. The van der Waals surface area contributed by atoms with Crippen molar-refractivity contribution in [2.24, 2.45) is 0 Å². The number of hydrogen-bond acceptors (Lipinski definition) is 2. The summed E-state index contributed by atoms with van der Waals surface area (Å²) in [6, 6.07) is 4.68. The van der Waals surface area contributed by atoms with Gasteiger partial charge in [-0.15, -0.1) is 0 Å². The second-order valence-corrected chi connectivity index (χ2v) is 6.02. The SMILES string of the molecule is CCC(CC)NCCOc1cc(C(C)C)c(Cl)cc1C. The lowest BCUT2D eigenvalue weighted by Gasteiger charge is -2.17. The molecule has 0 saturated heterocycles. The Morgan fingerprint density at radius 1 is 1.20 bits per heavy atom. The van der Waals surface area contributed by atoms with E-state index in [1.165, 1.54) is 0 Å². The van der Waals surface area contributed by atoms with Crippen LogP contribution in [0.2, 0.25) is 5.02 Å². The molecule has 0 aliphatic rings. The summed E-state index contributed by atoms with van der Waals surface area (Å²) in [5.41, 5.74) is 2.25. The highest BCUT2D eigenvalue weighted by Crippen LogP contribution is 2.31. The Balaban J connectivity index is 2.57. The van der Waals surface area contributed by atoms with E-state index in [2.05, 4.69) is 39.1 Å². The zero-order valence-corrected chi connectivity index (χ0v) is 14.2. The summed E-state index contributed by atoms with van der Waals surface area (Å²) in [6.07, 6.45) is 2.32. The van der Waals surface area contributed by atoms with Gasteiger partial charge in [-0.25, -0.2) is 0 Å². The molecular weight excluding hydrogens is 270 g/mol. The molecule has 0 radical (unpaired) electrons. The van der Waals surface area contributed by atoms with Crippen molar-refractivity contribution in [1.29, 1.82) is 0 Å². The molecule has 0 heterocycles. The minimum Gasteiger partial charge on any atom is -0.492 e. The summed E-state index contributed by atoms with van der Waals surface area (Å²) in [4.78, 5) is 0. The second-order valence-electron chi connectivity index (χ2n) is 5.61. The van der Waals surface area contributed by atoms with Gasteiger partial charge in [0.05, 0.1) is 0 Å². The Kier molecular flexibility index (Phi) is 7.39. The third-order valence-corrected chi connectivity index (χ3v) is 4.02. The lowest BCUT2D eigenvalue weighted by atomic mass is 10.0. The largest absolute Gasteiger partial charge is 0.492 e. The molecule has 1 aromatic carbocycles. The maximum absolute atomic E-state index is 6.27. The van der Waals surface area contributed by atoms with Crippen LogP contribution in [0.15, 0.2) is 12.1 Å². The summed E-state index contributed by atoms with van der Waals surface area (Å²) in [7, 11) is 0. The Bertz CT molecular complexity index is 414. The highest BCUT2D eigenvalue weighted by Gasteiger charge is 2.10. The normalized spacial score (nSPS) is 11.4. The summed E-state index contributed by atoms with van der Waals surface area (Å²) >= 11 is 6.27. The first-order valence-corrected chi connectivity index (χ1v) is 8.03. The van der Waals surface area contributed by atoms with Crippen molar-refractivity contribution in [3.05, 3.63) is 28.3 Å². The molecule has 0 fully saturated rings. The van der Waals surface area contributed by atoms with Crippen molar-refractivity contribution in [2.75, 3.05) is 13.2 Å². The summed E-state index contributed by atoms with van der Waals surface area (Å²) in [6.45, 7) is 12.3. The van der Waals surface area contributed by atoms with Crippen molar-refractivity contribution in [3.8, 4) is 5.75 Å². The molecular formula is C17H28ClNO. The van der Waals surface area contributed by atoms with Crippen molar-refractivity contribution in [3.63, 3.8) is 0 Å². The minimum atomic E-state index is 0.410. The number of benzene rings is 1. The van der Waals surface area contributed by atoms with Gasteiger partial charge in [-0.3, -0.25) is 0 Å². The van der Waals surface area contributed by atoms with E-state index in [1.54, 1.807) is 0 Å². The molecule has 0 aliphatic heterocycles. The van der Waals surface area contributed by atoms with Gasteiger partial charge >= 0.3 is 0 Å². The molecule has 0 bridgehead atoms. The zero-order valence-electron chi connectivity index (χ0n) is 13.4. The Labute approximate surface area is 128 Å². The van der Waals surface area contributed by atoms with Crippen molar-refractivity contribution >= 4 is 11.6 Å². The Morgan fingerprint density at radius 2 is 1.85 bits per heavy atom. The molecule has 0 aromatic heterocycles. The van der Waals surface area contributed by atoms with E-state index >= 15 is 0 Å². The molecule has 0 atom stereocenters. The topological polar surface area (TPSA) is 21.3 Å². The molecule has 0 aliphatic carbocycles.